The molecule has 240 valence electrons. The number of fused-ring (bicyclic) bond motifs is 3. The molecular formula is C37H45N7O2. The monoisotopic (exact) mass is 619 g/mol. The first-order chi connectivity index (χ1) is 22.3. The Hall–Kier alpha value is -4.16. The maximum Gasteiger partial charge on any atom is 0.318 e. The third-order valence-electron chi connectivity index (χ3n) is 10.7. The Kier molecular flexibility index (Phi) is 8.33. The molecule has 3 aromatic rings. The van der Waals surface area contributed by atoms with Crippen molar-refractivity contribution in [1.29, 1.82) is 0 Å². The molecule has 2 aromatic carbocycles. The lowest BCUT2D eigenvalue weighted by molar-refractivity contribution is -0.128. The Morgan fingerprint density at radius 3 is 2.67 bits per heavy atom. The van der Waals surface area contributed by atoms with Crippen molar-refractivity contribution in [2.24, 2.45) is 11.8 Å². The lowest BCUT2D eigenvalue weighted by Crippen LogP contribution is -2.56. The van der Waals surface area contributed by atoms with Crippen LogP contribution in [-0.4, -0.2) is 90.2 Å². The van der Waals surface area contributed by atoms with Crippen LogP contribution in [0.15, 0.2) is 49.1 Å². The molecule has 9 nitrogen and oxygen atoms in total. The average Bonchev–Trinajstić information content (AvgIpc) is 3.67. The summed E-state index contributed by atoms with van der Waals surface area (Å²) in [7, 11) is 2.22. The van der Waals surface area contributed by atoms with Crippen molar-refractivity contribution in [2.75, 3.05) is 56.1 Å². The van der Waals surface area contributed by atoms with E-state index in [2.05, 4.69) is 83.4 Å². The molecule has 2 unspecified atom stereocenters. The lowest BCUT2D eigenvalue weighted by Gasteiger charge is -2.41. The number of hydrogen-bond acceptors (Lipinski definition) is 7. The number of aromatic nitrogens is 2. The van der Waals surface area contributed by atoms with Gasteiger partial charge in [0.15, 0.2) is 0 Å². The van der Waals surface area contributed by atoms with Gasteiger partial charge in [-0.15, -0.1) is 0 Å². The fourth-order valence-corrected chi connectivity index (χ4v) is 8.21. The molecule has 7 rings (SSSR count). The number of anilines is 2. The number of ether oxygens (including phenoxy) is 1. The van der Waals surface area contributed by atoms with Gasteiger partial charge in [0.2, 0.25) is 12.5 Å². The molecule has 2 aliphatic carbocycles. The van der Waals surface area contributed by atoms with E-state index in [4.69, 9.17) is 21.3 Å². The van der Waals surface area contributed by atoms with E-state index in [0.29, 0.717) is 38.2 Å². The number of amides is 1. The molecular weight excluding hydrogens is 574 g/mol. The summed E-state index contributed by atoms with van der Waals surface area (Å²) in [6.45, 7) is 19.8. The minimum absolute atomic E-state index is 0.0647. The van der Waals surface area contributed by atoms with E-state index in [1.807, 2.05) is 0 Å². The zero-order valence-corrected chi connectivity index (χ0v) is 27.4. The third kappa shape index (κ3) is 5.91. The number of rotatable bonds is 9. The van der Waals surface area contributed by atoms with Crippen molar-refractivity contribution in [3.8, 4) is 6.01 Å². The van der Waals surface area contributed by atoms with E-state index in [1.54, 1.807) is 4.90 Å². The molecule has 0 spiro atoms. The van der Waals surface area contributed by atoms with E-state index < -0.39 is 0 Å². The molecule has 0 N–H and O–H groups in total. The van der Waals surface area contributed by atoms with Crippen molar-refractivity contribution in [1.82, 2.24) is 19.8 Å². The lowest BCUT2D eigenvalue weighted by atomic mass is 9.99. The zero-order valence-electron chi connectivity index (χ0n) is 27.4. The minimum Gasteiger partial charge on any atom is -0.459 e. The van der Waals surface area contributed by atoms with Gasteiger partial charge in [-0.2, -0.15) is 9.97 Å². The van der Waals surface area contributed by atoms with E-state index in [9.17, 15) is 4.79 Å². The first-order valence-electron chi connectivity index (χ1n) is 16.8. The second-order valence-corrected chi connectivity index (χ2v) is 13.8. The van der Waals surface area contributed by atoms with Crippen LogP contribution in [0.2, 0.25) is 0 Å². The first-order valence-corrected chi connectivity index (χ1v) is 16.8. The highest BCUT2D eigenvalue weighted by Crippen LogP contribution is 2.52. The van der Waals surface area contributed by atoms with E-state index in [1.165, 1.54) is 47.4 Å². The summed E-state index contributed by atoms with van der Waals surface area (Å²) in [5.74, 6) is 2.64. The van der Waals surface area contributed by atoms with Crippen LogP contribution in [0.4, 0.5) is 11.5 Å². The van der Waals surface area contributed by atoms with Gasteiger partial charge in [-0.05, 0) is 81.5 Å². The van der Waals surface area contributed by atoms with Crippen LogP contribution in [0.3, 0.4) is 0 Å². The summed E-state index contributed by atoms with van der Waals surface area (Å²) in [6, 6.07) is 13.8. The summed E-state index contributed by atoms with van der Waals surface area (Å²) in [4.78, 5) is 35.4. The standard InChI is InChI=1S/C37H45N7O2/c1-6-34(45)44-16-15-43(22-30(44)20-38-4)36-31-13-14-42(33-12-8-11-26-10-7-9-24(2)35(26)33)23-32(31)39-37(40-36)46-25(3)21-41(5)29-18-27-17-28(27)19-29/h6-12,25,27-30H,1,13-23H2,2-3,5H3/t25-,27?,28?,29?,30-/m0/s1. The number of carbonyl (C=O) groups excluding carboxylic acids is 1. The average molecular weight is 620 g/mol. The van der Waals surface area contributed by atoms with Crippen LogP contribution in [0, 0.1) is 25.3 Å². The fraction of sp³-hybridized carbons (Fsp3) is 0.514. The second kappa shape index (κ2) is 12.6. The van der Waals surface area contributed by atoms with Gasteiger partial charge in [0, 0.05) is 55.4 Å². The van der Waals surface area contributed by atoms with Crippen molar-refractivity contribution in [3.05, 3.63) is 77.3 Å². The van der Waals surface area contributed by atoms with Crippen LogP contribution in [0.5, 0.6) is 6.01 Å². The SMILES string of the molecule is [C-]#[N+]C[C@H]1CN(c2nc(O[C@@H](C)CN(C)C3CC4CC4C3)nc3c2CCN(c2cccc4cccc(C)c24)C3)CCN1C(=O)C=C. The van der Waals surface area contributed by atoms with Crippen LogP contribution in [0.25, 0.3) is 15.6 Å². The number of carbonyl (C=O) groups is 1. The van der Waals surface area contributed by atoms with Crippen LogP contribution < -0.4 is 14.5 Å². The molecule has 3 fully saturated rings. The first kappa shape index (κ1) is 30.5. The van der Waals surface area contributed by atoms with Gasteiger partial charge in [-0.25, -0.2) is 6.57 Å². The fourth-order valence-electron chi connectivity index (χ4n) is 8.21. The summed E-state index contributed by atoms with van der Waals surface area (Å²) in [5.41, 5.74) is 4.61. The quantitative estimate of drug-likeness (QED) is 0.243. The molecule has 9 heteroatoms. The zero-order chi connectivity index (χ0) is 31.9. The largest absolute Gasteiger partial charge is 0.459 e. The van der Waals surface area contributed by atoms with Gasteiger partial charge >= 0.3 is 6.01 Å². The summed E-state index contributed by atoms with van der Waals surface area (Å²) >= 11 is 0. The summed E-state index contributed by atoms with van der Waals surface area (Å²) < 4.78 is 6.53. The maximum atomic E-state index is 12.6. The third-order valence-corrected chi connectivity index (χ3v) is 10.7. The molecule has 1 saturated heterocycles. The van der Waals surface area contributed by atoms with E-state index >= 15 is 0 Å². The molecule has 2 aliphatic heterocycles. The molecule has 1 aromatic heterocycles. The highest BCUT2D eigenvalue weighted by molar-refractivity contribution is 5.97. The molecule has 2 saturated carbocycles. The Balaban J connectivity index is 1.19. The summed E-state index contributed by atoms with van der Waals surface area (Å²) in [5, 5.41) is 2.52. The molecule has 0 radical (unpaired) electrons. The Bertz CT molecular complexity index is 1670. The number of hydrogen-bond donors (Lipinski definition) is 0. The smallest absolute Gasteiger partial charge is 0.318 e. The number of likely N-dealkylation sites (N-methyl/N-ethyl adjacent to an activating group) is 1. The Labute approximate surface area is 272 Å². The number of piperazine rings is 1. The minimum atomic E-state index is -0.226. The number of benzene rings is 2. The van der Waals surface area contributed by atoms with Crippen LogP contribution in [-0.2, 0) is 17.8 Å². The molecule has 1 amide bonds. The predicted molar refractivity (Wildman–Crippen MR) is 182 cm³/mol. The number of nitrogens with zero attached hydrogens (tertiary/aromatic N) is 7. The molecule has 4 atom stereocenters. The van der Waals surface area contributed by atoms with Crippen molar-refractivity contribution in [3.63, 3.8) is 0 Å². The topological polar surface area (TPSA) is 69.4 Å². The normalized spacial score (nSPS) is 24.4. The van der Waals surface area contributed by atoms with Gasteiger partial charge in [0.1, 0.15) is 18.0 Å². The molecule has 4 aliphatic rings. The molecule has 0 bridgehead atoms. The highest BCUT2D eigenvalue weighted by atomic mass is 16.5. The molecule has 46 heavy (non-hydrogen) atoms. The number of aryl methyl sites for hydroxylation is 1. The van der Waals surface area contributed by atoms with Gasteiger partial charge < -0.3 is 24.3 Å². The van der Waals surface area contributed by atoms with Crippen LogP contribution >= 0.6 is 0 Å². The predicted octanol–water partition coefficient (Wildman–Crippen LogP) is 5.12. The Morgan fingerprint density at radius 2 is 1.91 bits per heavy atom. The highest BCUT2D eigenvalue weighted by Gasteiger charge is 2.47. The summed E-state index contributed by atoms with van der Waals surface area (Å²) in [6.07, 6.45) is 6.12. The Morgan fingerprint density at radius 1 is 1.13 bits per heavy atom. The van der Waals surface area contributed by atoms with Crippen LogP contribution in [0.1, 0.15) is 43.0 Å². The van der Waals surface area contributed by atoms with Gasteiger partial charge in [-0.1, -0.05) is 36.9 Å². The van der Waals surface area contributed by atoms with Crippen molar-refractivity contribution < 1.29 is 9.53 Å². The van der Waals surface area contributed by atoms with Crippen molar-refractivity contribution >= 4 is 28.2 Å². The molecule has 3 heterocycles. The second-order valence-electron chi connectivity index (χ2n) is 13.8. The van der Waals surface area contributed by atoms with Gasteiger partial charge in [0.25, 0.3) is 0 Å². The van der Waals surface area contributed by atoms with E-state index in [-0.39, 0.29) is 24.6 Å². The van der Waals surface area contributed by atoms with Gasteiger partial charge in [0.05, 0.1) is 12.2 Å². The maximum absolute atomic E-state index is 12.6. The van der Waals surface area contributed by atoms with E-state index in [0.717, 1.165) is 48.4 Å². The van der Waals surface area contributed by atoms with Gasteiger partial charge in [-0.3, -0.25) is 9.69 Å². The van der Waals surface area contributed by atoms with Crippen molar-refractivity contribution in [2.45, 2.75) is 64.3 Å².